The van der Waals surface area contributed by atoms with Crippen LogP contribution >= 0.6 is 12.2 Å². The van der Waals surface area contributed by atoms with Gasteiger partial charge in [-0.15, -0.1) is 0 Å². The van der Waals surface area contributed by atoms with Crippen LogP contribution in [0.25, 0.3) is 0 Å². The van der Waals surface area contributed by atoms with Crippen LogP contribution in [0.1, 0.15) is 47.0 Å². The summed E-state index contributed by atoms with van der Waals surface area (Å²) < 4.78 is 15.9. The molecule has 0 saturated heterocycles. The van der Waals surface area contributed by atoms with E-state index in [0.29, 0.717) is 5.57 Å². The average Bonchev–Trinajstić information content (AvgIpc) is 2.67. The van der Waals surface area contributed by atoms with E-state index in [1.807, 2.05) is 13.8 Å². The minimum Gasteiger partial charge on any atom is -0.463 e. The first kappa shape index (κ1) is 24.8. The molecule has 10 heteroatoms. The first-order chi connectivity index (χ1) is 13.7. The third-order valence-electron chi connectivity index (χ3n) is 4.48. The summed E-state index contributed by atoms with van der Waals surface area (Å²) in [5.41, 5.74) is 0.419. The maximum atomic E-state index is 12.4. The van der Waals surface area contributed by atoms with Gasteiger partial charge in [0.25, 0.3) is 0 Å². The first-order valence-corrected chi connectivity index (χ1v) is 10.1. The van der Waals surface area contributed by atoms with Crippen LogP contribution in [0.5, 0.6) is 0 Å². The SMILES string of the molecule is CCOC(=O)C1=C[C@@H](OC(CC)CC)[C@H](NC(C)=O)[C@@H](NC(=S)NC(=O)OC)C1. The Kier molecular flexibility index (Phi) is 10.6. The van der Waals surface area contributed by atoms with Crippen molar-refractivity contribution in [2.75, 3.05) is 13.7 Å². The molecule has 3 N–H and O–H groups in total. The highest BCUT2D eigenvalue weighted by Crippen LogP contribution is 2.25. The molecule has 1 rings (SSSR count). The number of esters is 1. The zero-order chi connectivity index (χ0) is 22.0. The number of methoxy groups -OCH3 is 1. The van der Waals surface area contributed by atoms with Gasteiger partial charge in [-0.1, -0.05) is 13.8 Å². The summed E-state index contributed by atoms with van der Waals surface area (Å²) in [6, 6.07) is -1.02. The van der Waals surface area contributed by atoms with Crippen molar-refractivity contribution < 1.29 is 28.6 Å². The van der Waals surface area contributed by atoms with Gasteiger partial charge in [-0.25, -0.2) is 9.59 Å². The summed E-state index contributed by atoms with van der Waals surface area (Å²) in [5, 5.41) is 8.24. The Hall–Kier alpha value is -2.20. The molecule has 0 aliphatic heterocycles. The minimum absolute atomic E-state index is 0.0172. The monoisotopic (exact) mass is 429 g/mol. The van der Waals surface area contributed by atoms with Crippen molar-refractivity contribution >= 4 is 35.3 Å². The number of amides is 2. The third-order valence-corrected chi connectivity index (χ3v) is 4.70. The van der Waals surface area contributed by atoms with Crippen LogP contribution in [-0.2, 0) is 23.8 Å². The van der Waals surface area contributed by atoms with E-state index in [-0.39, 0.29) is 30.2 Å². The van der Waals surface area contributed by atoms with Crippen LogP contribution in [0.4, 0.5) is 4.79 Å². The van der Waals surface area contributed by atoms with Crippen LogP contribution in [0.3, 0.4) is 0 Å². The molecule has 0 saturated carbocycles. The fourth-order valence-corrected chi connectivity index (χ4v) is 3.31. The number of rotatable bonds is 8. The van der Waals surface area contributed by atoms with Gasteiger partial charge in [-0.2, -0.15) is 0 Å². The van der Waals surface area contributed by atoms with Gasteiger partial charge in [0.05, 0.1) is 38.0 Å². The van der Waals surface area contributed by atoms with Crippen molar-refractivity contribution in [1.29, 1.82) is 0 Å². The van der Waals surface area contributed by atoms with Crippen LogP contribution in [-0.4, -0.2) is 61.1 Å². The summed E-state index contributed by atoms with van der Waals surface area (Å²) >= 11 is 5.16. The second-order valence-electron chi connectivity index (χ2n) is 6.58. The lowest BCUT2D eigenvalue weighted by Gasteiger charge is -2.39. The van der Waals surface area contributed by atoms with Crippen LogP contribution in [0.2, 0.25) is 0 Å². The lowest BCUT2D eigenvalue weighted by atomic mass is 9.87. The predicted molar refractivity (Wildman–Crippen MR) is 111 cm³/mol. The number of alkyl carbamates (subject to hydrolysis) is 1. The molecule has 0 aromatic carbocycles. The Morgan fingerprint density at radius 2 is 1.86 bits per heavy atom. The molecule has 29 heavy (non-hydrogen) atoms. The predicted octanol–water partition coefficient (Wildman–Crippen LogP) is 1.56. The molecule has 0 heterocycles. The number of thiocarbonyl (C=S) groups is 1. The Bertz CT molecular complexity index is 635. The van der Waals surface area contributed by atoms with Crippen molar-refractivity contribution in [3.63, 3.8) is 0 Å². The highest BCUT2D eigenvalue weighted by atomic mass is 32.1. The number of hydrogen-bond donors (Lipinski definition) is 3. The third kappa shape index (κ3) is 7.98. The van der Waals surface area contributed by atoms with E-state index in [1.54, 1.807) is 13.0 Å². The Morgan fingerprint density at radius 3 is 2.38 bits per heavy atom. The number of hydrogen-bond acceptors (Lipinski definition) is 7. The van der Waals surface area contributed by atoms with E-state index < -0.39 is 30.3 Å². The number of nitrogens with one attached hydrogen (secondary N) is 3. The standard InChI is InChI=1S/C19H31N3O6S/c1-6-13(7-2)28-15-10-12(17(24)27-8-3)9-14(16(15)20-11(4)23)21-18(29)22-19(25)26-5/h10,13-16H,6-9H2,1-5H3,(H,20,23)(H2,21,22,25,29)/t14-,15+,16+/m0/s1. The Labute approximate surface area is 176 Å². The summed E-state index contributed by atoms with van der Waals surface area (Å²) in [6.45, 7) is 7.38. The molecule has 9 nitrogen and oxygen atoms in total. The topological polar surface area (TPSA) is 115 Å². The molecule has 3 atom stereocenters. The normalized spacial score (nSPS) is 21.0. The molecule has 164 valence electrons. The maximum absolute atomic E-state index is 12.4. The fraction of sp³-hybridized carbons (Fsp3) is 0.684. The largest absolute Gasteiger partial charge is 0.463 e. The molecule has 1 aliphatic rings. The van der Waals surface area contributed by atoms with E-state index in [2.05, 4.69) is 20.7 Å². The minimum atomic E-state index is -0.722. The van der Waals surface area contributed by atoms with E-state index in [1.165, 1.54) is 14.0 Å². The Morgan fingerprint density at radius 1 is 1.21 bits per heavy atom. The van der Waals surface area contributed by atoms with Gasteiger partial charge < -0.3 is 24.8 Å². The lowest BCUT2D eigenvalue weighted by molar-refractivity contribution is -0.139. The van der Waals surface area contributed by atoms with E-state index in [9.17, 15) is 14.4 Å². The molecule has 0 unspecified atom stereocenters. The smallest absolute Gasteiger partial charge is 0.413 e. The van der Waals surface area contributed by atoms with E-state index in [0.717, 1.165) is 12.8 Å². The van der Waals surface area contributed by atoms with Gasteiger partial charge in [-0.05, 0) is 38.1 Å². The quantitative estimate of drug-likeness (QED) is 0.393. The van der Waals surface area contributed by atoms with Crippen molar-refractivity contribution in [1.82, 2.24) is 16.0 Å². The second-order valence-corrected chi connectivity index (χ2v) is 6.99. The molecule has 0 aromatic rings. The summed E-state index contributed by atoms with van der Waals surface area (Å²) in [5.74, 6) is -0.703. The molecule has 1 aliphatic carbocycles. The molecule has 2 amide bonds. The lowest BCUT2D eigenvalue weighted by Crippen LogP contribution is -2.61. The van der Waals surface area contributed by atoms with Crippen molar-refractivity contribution in [3.05, 3.63) is 11.6 Å². The Balaban J connectivity index is 3.18. The van der Waals surface area contributed by atoms with E-state index >= 15 is 0 Å². The molecule has 0 radical (unpaired) electrons. The summed E-state index contributed by atoms with van der Waals surface area (Å²) in [6.07, 6.45) is 2.15. The molecular formula is C19H31N3O6S. The molecular weight excluding hydrogens is 398 g/mol. The molecule has 0 fully saturated rings. The van der Waals surface area contributed by atoms with Crippen LogP contribution in [0.15, 0.2) is 11.6 Å². The van der Waals surface area contributed by atoms with Gasteiger partial charge in [0, 0.05) is 18.9 Å². The fourth-order valence-electron chi connectivity index (χ4n) is 3.07. The maximum Gasteiger partial charge on any atom is 0.413 e. The number of ether oxygens (including phenoxy) is 3. The second kappa shape index (κ2) is 12.4. The summed E-state index contributed by atoms with van der Waals surface area (Å²) in [7, 11) is 1.22. The highest BCUT2D eigenvalue weighted by molar-refractivity contribution is 7.80. The average molecular weight is 430 g/mol. The highest BCUT2D eigenvalue weighted by Gasteiger charge is 2.38. The van der Waals surface area contributed by atoms with Gasteiger partial charge in [-0.3, -0.25) is 10.1 Å². The van der Waals surface area contributed by atoms with Gasteiger partial charge in [0.15, 0.2) is 5.11 Å². The number of carbonyl (C=O) groups excluding carboxylic acids is 3. The first-order valence-electron chi connectivity index (χ1n) is 9.71. The van der Waals surface area contributed by atoms with Crippen molar-refractivity contribution in [2.45, 2.75) is 71.2 Å². The van der Waals surface area contributed by atoms with E-state index in [4.69, 9.17) is 21.7 Å². The van der Waals surface area contributed by atoms with Crippen LogP contribution in [0, 0.1) is 0 Å². The van der Waals surface area contributed by atoms with Crippen molar-refractivity contribution in [3.8, 4) is 0 Å². The van der Waals surface area contributed by atoms with Gasteiger partial charge in [0.2, 0.25) is 5.91 Å². The molecule has 0 aromatic heterocycles. The zero-order valence-electron chi connectivity index (χ0n) is 17.6. The summed E-state index contributed by atoms with van der Waals surface area (Å²) in [4.78, 5) is 35.6. The van der Waals surface area contributed by atoms with Crippen LogP contribution < -0.4 is 16.0 Å². The molecule has 0 spiro atoms. The zero-order valence-corrected chi connectivity index (χ0v) is 18.4. The van der Waals surface area contributed by atoms with Crippen molar-refractivity contribution in [2.24, 2.45) is 0 Å². The van der Waals surface area contributed by atoms with Gasteiger partial charge >= 0.3 is 12.1 Å². The van der Waals surface area contributed by atoms with Gasteiger partial charge in [0.1, 0.15) is 0 Å². The number of carbonyl (C=O) groups is 3. The molecule has 0 bridgehead atoms.